The number of anilines is 1. The van der Waals surface area contributed by atoms with E-state index < -0.39 is 17.9 Å². The second kappa shape index (κ2) is 7.16. The smallest absolute Gasteiger partial charge is 0.240 e. The lowest BCUT2D eigenvalue weighted by Crippen LogP contribution is -2.47. The second-order valence-electron chi connectivity index (χ2n) is 8.68. The molecule has 3 aliphatic heterocycles. The molecule has 2 aromatic rings. The van der Waals surface area contributed by atoms with Crippen LogP contribution in [0.25, 0.3) is 0 Å². The normalized spacial score (nSPS) is 28.1. The fourth-order valence-corrected chi connectivity index (χ4v) is 5.70. The molecular weight excluding hydrogens is 400 g/mol. The summed E-state index contributed by atoms with van der Waals surface area (Å²) in [7, 11) is 0. The van der Waals surface area contributed by atoms with Gasteiger partial charge in [0.2, 0.25) is 11.8 Å². The van der Waals surface area contributed by atoms with Crippen molar-refractivity contribution < 1.29 is 14.4 Å². The molecule has 2 fully saturated rings. The van der Waals surface area contributed by atoms with E-state index in [9.17, 15) is 14.4 Å². The van der Waals surface area contributed by atoms with Crippen LogP contribution >= 0.6 is 0 Å². The highest BCUT2D eigenvalue weighted by molar-refractivity contribution is 6.24. The fraction of sp³-hybridized carbons (Fsp3) is 0.222. The van der Waals surface area contributed by atoms with Gasteiger partial charge < -0.3 is 4.90 Å². The third-order valence-corrected chi connectivity index (χ3v) is 7.04. The molecule has 5 nitrogen and oxygen atoms in total. The molecule has 4 atom stereocenters. The van der Waals surface area contributed by atoms with Crippen LogP contribution in [-0.2, 0) is 9.59 Å². The zero-order chi connectivity index (χ0) is 21.8. The van der Waals surface area contributed by atoms with Crippen molar-refractivity contribution in [3.8, 4) is 0 Å². The zero-order valence-corrected chi connectivity index (χ0v) is 17.4. The Labute approximate surface area is 186 Å². The van der Waals surface area contributed by atoms with E-state index in [-0.39, 0.29) is 23.6 Å². The number of para-hydroxylation sites is 1. The summed E-state index contributed by atoms with van der Waals surface area (Å²) < 4.78 is 0. The minimum absolute atomic E-state index is 0.118. The van der Waals surface area contributed by atoms with E-state index in [4.69, 9.17) is 0 Å². The van der Waals surface area contributed by atoms with Crippen LogP contribution in [0.4, 0.5) is 5.69 Å². The maximum Gasteiger partial charge on any atom is 0.240 e. The molecule has 158 valence electrons. The molecule has 2 aromatic carbocycles. The zero-order valence-electron chi connectivity index (χ0n) is 17.4. The van der Waals surface area contributed by atoms with Gasteiger partial charge in [0, 0.05) is 11.8 Å². The average molecular weight is 422 g/mol. The molecule has 4 aliphatic rings. The summed E-state index contributed by atoms with van der Waals surface area (Å²) in [6, 6.07) is 17.1. The van der Waals surface area contributed by atoms with Gasteiger partial charge >= 0.3 is 0 Å². The molecule has 32 heavy (non-hydrogen) atoms. The molecule has 3 heterocycles. The summed E-state index contributed by atoms with van der Waals surface area (Å²) in [4.78, 5) is 44.4. The number of imide groups is 1. The standard InChI is InChI=1S/C27H22N2O3/c30-25(18-10-3-1-4-11-18)24-22-21(23-20-14-8-7-9-17(20)15-16-28(23)24)26(31)29(27(22)32)19-12-5-2-6-13-19/h1-6,9-16,21-24H,7-8H2/t21-,22+,23?,24?/m0/s1. The number of benzene rings is 2. The van der Waals surface area contributed by atoms with E-state index in [2.05, 4.69) is 12.2 Å². The van der Waals surface area contributed by atoms with Gasteiger partial charge in [0.15, 0.2) is 5.78 Å². The van der Waals surface area contributed by atoms with Crippen LogP contribution in [0.3, 0.4) is 0 Å². The lowest BCUT2D eigenvalue weighted by molar-refractivity contribution is -0.123. The van der Waals surface area contributed by atoms with E-state index in [1.54, 1.807) is 24.3 Å². The minimum atomic E-state index is -0.716. The number of rotatable bonds is 3. The lowest BCUT2D eigenvalue weighted by atomic mass is 9.81. The Morgan fingerprint density at radius 3 is 2.22 bits per heavy atom. The molecule has 5 heteroatoms. The number of hydrogen-bond acceptors (Lipinski definition) is 4. The molecule has 0 saturated carbocycles. The van der Waals surface area contributed by atoms with E-state index in [0.29, 0.717) is 11.3 Å². The van der Waals surface area contributed by atoms with Gasteiger partial charge in [-0.2, -0.15) is 0 Å². The number of Topliss-reactive ketones (excluding diaryl/α,β-unsaturated/α-hetero) is 1. The fourth-order valence-electron chi connectivity index (χ4n) is 5.70. The monoisotopic (exact) mass is 422 g/mol. The van der Waals surface area contributed by atoms with E-state index >= 15 is 0 Å². The first-order valence-corrected chi connectivity index (χ1v) is 11.0. The van der Waals surface area contributed by atoms with Crippen LogP contribution in [-0.4, -0.2) is 34.6 Å². The maximum absolute atomic E-state index is 13.7. The number of carbonyl (C=O) groups is 3. The summed E-state index contributed by atoms with van der Waals surface area (Å²) in [5, 5.41) is 0. The number of nitrogens with zero attached hydrogens (tertiary/aromatic N) is 2. The molecule has 2 saturated heterocycles. The van der Waals surface area contributed by atoms with Crippen molar-refractivity contribution in [1.82, 2.24) is 4.90 Å². The topological polar surface area (TPSA) is 57.7 Å². The van der Waals surface area contributed by atoms with Gasteiger partial charge in [0.05, 0.1) is 23.6 Å². The second-order valence-corrected chi connectivity index (χ2v) is 8.68. The first-order valence-electron chi connectivity index (χ1n) is 11.0. The Morgan fingerprint density at radius 2 is 1.47 bits per heavy atom. The van der Waals surface area contributed by atoms with Crippen LogP contribution in [0.15, 0.2) is 96.2 Å². The summed E-state index contributed by atoms with van der Waals surface area (Å²) in [5.74, 6) is -1.92. The van der Waals surface area contributed by atoms with Crippen molar-refractivity contribution in [1.29, 1.82) is 0 Å². The molecule has 2 unspecified atom stereocenters. The molecule has 0 bridgehead atoms. The van der Waals surface area contributed by atoms with Crippen molar-refractivity contribution in [3.05, 3.63) is 102 Å². The predicted molar refractivity (Wildman–Crippen MR) is 121 cm³/mol. The van der Waals surface area contributed by atoms with Gasteiger partial charge in [0.1, 0.15) is 6.04 Å². The van der Waals surface area contributed by atoms with Crippen molar-refractivity contribution >= 4 is 23.3 Å². The van der Waals surface area contributed by atoms with E-state index in [1.807, 2.05) is 53.6 Å². The number of allylic oxidation sites excluding steroid dienone is 3. The Hall–Kier alpha value is -3.73. The van der Waals surface area contributed by atoms with Crippen LogP contribution in [0.5, 0.6) is 0 Å². The molecule has 2 amide bonds. The van der Waals surface area contributed by atoms with Gasteiger partial charge in [0.25, 0.3) is 0 Å². The summed E-state index contributed by atoms with van der Waals surface area (Å²) in [6.45, 7) is 0. The van der Waals surface area contributed by atoms with Gasteiger partial charge in [-0.25, -0.2) is 4.90 Å². The van der Waals surface area contributed by atoms with Crippen molar-refractivity contribution in [2.45, 2.75) is 24.9 Å². The lowest BCUT2D eigenvalue weighted by Gasteiger charge is -2.37. The highest BCUT2D eigenvalue weighted by Gasteiger charge is 2.64. The Balaban J connectivity index is 1.50. The molecule has 6 rings (SSSR count). The third kappa shape index (κ3) is 2.60. The SMILES string of the molecule is O=C(c1ccccc1)C1[C@@H]2C(=O)N(c3ccccc3)C(=O)[C@@H]2C2C3=CCCC=C3C=CN21. The molecule has 0 N–H and O–H groups in total. The number of hydrogen-bond donors (Lipinski definition) is 0. The van der Waals surface area contributed by atoms with Gasteiger partial charge in [-0.3, -0.25) is 14.4 Å². The Morgan fingerprint density at radius 1 is 0.812 bits per heavy atom. The molecule has 1 aliphatic carbocycles. The van der Waals surface area contributed by atoms with Gasteiger partial charge in [-0.15, -0.1) is 0 Å². The molecule has 0 radical (unpaired) electrons. The van der Waals surface area contributed by atoms with E-state index in [1.165, 1.54) is 4.90 Å². The number of ketones is 1. The summed E-state index contributed by atoms with van der Waals surface area (Å²) in [5.41, 5.74) is 3.28. The van der Waals surface area contributed by atoms with Crippen LogP contribution < -0.4 is 4.90 Å². The first-order chi connectivity index (χ1) is 15.7. The summed E-state index contributed by atoms with van der Waals surface area (Å²) >= 11 is 0. The number of amides is 2. The molecular formula is C27H22N2O3. The van der Waals surface area contributed by atoms with Crippen LogP contribution in [0.2, 0.25) is 0 Å². The van der Waals surface area contributed by atoms with Crippen LogP contribution in [0, 0.1) is 11.8 Å². The quantitative estimate of drug-likeness (QED) is 0.556. The number of carbonyl (C=O) groups excluding carboxylic acids is 3. The van der Waals surface area contributed by atoms with E-state index in [0.717, 1.165) is 24.0 Å². The molecule has 0 spiro atoms. The van der Waals surface area contributed by atoms with Crippen molar-refractivity contribution in [2.75, 3.05) is 4.90 Å². The van der Waals surface area contributed by atoms with Gasteiger partial charge in [-0.05, 0) is 42.2 Å². The van der Waals surface area contributed by atoms with Crippen molar-refractivity contribution in [2.24, 2.45) is 11.8 Å². The Bertz CT molecular complexity index is 1210. The summed E-state index contributed by atoms with van der Waals surface area (Å²) in [6.07, 6.45) is 10.1. The average Bonchev–Trinajstić information content (AvgIpc) is 3.32. The van der Waals surface area contributed by atoms with Crippen molar-refractivity contribution in [3.63, 3.8) is 0 Å². The van der Waals surface area contributed by atoms with Gasteiger partial charge in [-0.1, -0.05) is 60.7 Å². The minimum Gasteiger partial charge on any atom is -0.358 e. The molecule has 0 aromatic heterocycles. The highest BCUT2D eigenvalue weighted by atomic mass is 16.2. The third-order valence-electron chi connectivity index (χ3n) is 7.04. The number of fused-ring (bicyclic) bond motifs is 5. The largest absolute Gasteiger partial charge is 0.358 e. The highest BCUT2D eigenvalue weighted by Crippen LogP contribution is 2.50. The Kier molecular flexibility index (Phi) is 4.25. The maximum atomic E-state index is 13.7. The van der Waals surface area contributed by atoms with Crippen LogP contribution in [0.1, 0.15) is 23.2 Å². The predicted octanol–water partition coefficient (Wildman–Crippen LogP) is 3.90. The first kappa shape index (κ1) is 19.0.